The summed E-state index contributed by atoms with van der Waals surface area (Å²) < 4.78 is 13.2. The molecule has 96 valence electrons. The molecule has 0 aliphatic rings. The predicted octanol–water partition coefficient (Wildman–Crippen LogP) is 2.57. The lowest BCUT2D eigenvalue weighted by molar-refractivity contribution is 0.267. The largest absolute Gasteiger partial charge is 0.318 e. The maximum atomic E-state index is 13.2. The van der Waals surface area contributed by atoms with Crippen LogP contribution in [0.25, 0.3) is 0 Å². The topological polar surface area (TPSA) is 15.3 Å². The van der Waals surface area contributed by atoms with E-state index in [9.17, 15) is 4.39 Å². The Kier molecular flexibility index (Phi) is 6.16. The van der Waals surface area contributed by atoms with Gasteiger partial charge in [-0.05, 0) is 50.2 Å². The summed E-state index contributed by atoms with van der Waals surface area (Å²) in [4.78, 5) is 2.36. The smallest absolute Gasteiger partial charge is 0.123 e. The Hall–Kier alpha value is -0.930. The van der Waals surface area contributed by atoms with Gasteiger partial charge in [-0.3, -0.25) is 4.90 Å². The average Bonchev–Trinajstić information content (AvgIpc) is 2.31. The van der Waals surface area contributed by atoms with Crippen LogP contribution in [0.2, 0.25) is 0 Å². The van der Waals surface area contributed by atoms with Gasteiger partial charge in [0.25, 0.3) is 0 Å². The summed E-state index contributed by atoms with van der Waals surface area (Å²) in [6.07, 6.45) is 1.12. The maximum Gasteiger partial charge on any atom is 0.123 e. The van der Waals surface area contributed by atoms with Gasteiger partial charge in [-0.2, -0.15) is 0 Å². The molecule has 3 heteroatoms. The molecule has 0 aliphatic heterocycles. The first-order valence-corrected chi connectivity index (χ1v) is 6.29. The number of nitrogens with zero attached hydrogens (tertiary/aromatic N) is 1. The van der Waals surface area contributed by atoms with Crippen LogP contribution in [0.3, 0.4) is 0 Å². The van der Waals surface area contributed by atoms with Crippen LogP contribution < -0.4 is 5.32 Å². The lowest BCUT2D eigenvalue weighted by Gasteiger charge is -2.22. The maximum absolute atomic E-state index is 13.2. The van der Waals surface area contributed by atoms with Crippen molar-refractivity contribution in [2.75, 3.05) is 26.7 Å². The predicted molar refractivity (Wildman–Crippen MR) is 70.6 cm³/mol. The van der Waals surface area contributed by atoms with Gasteiger partial charge >= 0.3 is 0 Å². The fourth-order valence-electron chi connectivity index (χ4n) is 1.91. The van der Waals surface area contributed by atoms with Gasteiger partial charge in [0.2, 0.25) is 0 Å². The number of hydrogen-bond donors (Lipinski definition) is 1. The van der Waals surface area contributed by atoms with Gasteiger partial charge in [0.15, 0.2) is 0 Å². The number of likely N-dealkylation sites (N-methyl/N-ethyl adjacent to an activating group) is 1. The Labute approximate surface area is 104 Å². The van der Waals surface area contributed by atoms with Crippen molar-refractivity contribution in [2.24, 2.45) is 0 Å². The summed E-state index contributed by atoms with van der Waals surface area (Å²) >= 11 is 0. The number of hydrogen-bond acceptors (Lipinski definition) is 2. The second-order valence-corrected chi connectivity index (χ2v) is 4.45. The monoisotopic (exact) mass is 238 g/mol. The summed E-state index contributed by atoms with van der Waals surface area (Å²) in [7, 11) is 1.96. The van der Waals surface area contributed by atoms with Crippen molar-refractivity contribution < 1.29 is 4.39 Å². The Morgan fingerprint density at radius 1 is 1.29 bits per heavy atom. The molecule has 1 aromatic rings. The Morgan fingerprint density at radius 2 is 2.06 bits per heavy atom. The SMILES string of the molecule is CCCN(CCNC)Cc1cc(F)ccc1C. The van der Waals surface area contributed by atoms with Crippen molar-refractivity contribution >= 4 is 0 Å². The summed E-state index contributed by atoms with van der Waals surface area (Å²) in [5.74, 6) is -0.143. The molecule has 1 aromatic carbocycles. The highest BCUT2D eigenvalue weighted by atomic mass is 19.1. The van der Waals surface area contributed by atoms with E-state index in [0.717, 1.165) is 43.7 Å². The third kappa shape index (κ3) is 4.84. The first-order chi connectivity index (χ1) is 8.17. The van der Waals surface area contributed by atoms with Crippen molar-refractivity contribution in [2.45, 2.75) is 26.8 Å². The van der Waals surface area contributed by atoms with Crippen LogP contribution in [0.4, 0.5) is 4.39 Å². The van der Waals surface area contributed by atoms with E-state index in [1.165, 1.54) is 6.07 Å². The number of benzene rings is 1. The van der Waals surface area contributed by atoms with Gasteiger partial charge in [0, 0.05) is 19.6 Å². The van der Waals surface area contributed by atoms with Gasteiger partial charge in [0.1, 0.15) is 5.82 Å². The summed E-state index contributed by atoms with van der Waals surface area (Å²) in [5.41, 5.74) is 2.26. The second kappa shape index (κ2) is 7.41. The van der Waals surface area contributed by atoms with Gasteiger partial charge in [0.05, 0.1) is 0 Å². The van der Waals surface area contributed by atoms with Crippen molar-refractivity contribution in [3.8, 4) is 0 Å². The molecule has 2 nitrogen and oxygen atoms in total. The van der Waals surface area contributed by atoms with Gasteiger partial charge in [-0.1, -0.05) is 13.0 Å². The zero-order valence-corrected chi connectivity index (χ0v) is 11.1. The molecule has 0 saturated heterocycles. The third-order valence-electron chi connectivity index (χ3n) is 2.92. The molecule has 0 unspecified atom stereocenters. The minimum absolute atomic E-state index is 0.143. The number of rotatable bonds is 7. The molecule has 0 radical (unpaired) electrons. The molecule has 0 atom stereocenters. The molecule has 0 bridgehead atoms. The lowest BCUT2D eigenvalue weighted by Crippen LogP contribution is -2.31. The van der Waals surface area contributed by atoms with Crippen LogP contribution in [0.1, 0.15) is 24.5 Å². The first kappa shape index (κ1) is 14.1. The van der Waals surface area contributed by atoms with Gasteiger partial charge < -0.3 is 5.32 Å². The molecular weight excluding hydrogens is 215 g/mol. The van der Waals surface area contributed by atoms with E-state index >= 15 is 0 Å². The van der Waals surface area contributed by atoms with Crippen LogP contribution >= 0.6 is 0 Å². The minimum Gasteiger partial charge on any atom is -0.318 e. The van der Waals surface area contributed by atoms with Crippen LogP contribution in [-0.2, 0) is 6.54 Å². The zero-order chi connectivity index (χ0) is 12.7. The molecule has 0 aromatic heterocycles. The summed E-state index contributed by atoms with van der Waals surface area (Å²) in [6.45, 7) is 8.06. The fourth-order valence-corrected chi connectivity index (χ4v) is 1.91. The van der Waals surface area contributed by atoms with Crippen LogP contribution in [0.5, 0.6) is 0 Å². The molecule has 0 heterocycles. The lowest BCUT2D eigenvalue weighted by atomic mass is 10.1. The van der Waals surface area contributed by atoms with Gasteiger partial charge in [-0.15, -0.1) is 0 Å². The van der Waals surface area contributed by atoms with E-state index < -0.39 is 0 Å². The van der Waals surface area contributed by atoms with E-state index in [0.29, 0.717) is 0 Å². The van der Waals surface area contributed by atoms with Crippen LogP contribution in [-0.4, -0.2) is 31.6 Å². The highest BCUT2D eigenvalue weighted by Crippen LogP contribution is 2.13. The van der Waals surface area contributed by atoms with Crippen molar-refractivity contribution in [3.05, 3.63) is 35.1 Å². The molecule has 1 rings (SSSR count). The summed E-state index contributed by atoms with van der Waals surface area (Å²) in [6, 6.07) is 5.03. The molecule has 0 saturated carbocycles. The molecule has 17 heavy (non-hydrogen) atoms. The highest BCUT2D eigenvalue weighted by Gasteiger charge is 2.07. The molecule has 0 aliphatic carbocycles. The molecule has 0 spiro atoms. The van der Waals surface area contributed by atoms with E-state index in [2.05, 4.69) is 17.1 Å². The quantitative estimate of drug-likeness (QED) is 0.785. The van der Waals surface area contributed by atoms with E-state index in [1.807, 2.05) is 20.0 Å². The van der Waals surface area contributed by atoms with E-state index in [1.54, 1.807) is 6.07 Å². The Bertz CT molecular complexity index is 339. The normalized spacial score (nSPS) is 11.1. The molecular formula is C14H23FN2. The third-order valence-corrected chi connectivity index (χ3v) is 2.92. The molecule has 0 amide bonds. The number of nitrogens with one attached hydrogen (secondary N) is 1. The number of halogens is 1. The zero-order valence-electron chi connectivity index (χ0n) is 11.1. The average molecular weight is 238 g/mol. The fraction of sp³-hybridized carbons (Fsp3) is 0.571. The van der Waals surface area contributed by atoms with Gasteiger partial charge in [-0.25, -0.2) is 4.39 Å². The molecule has 1 N–H and O–H groups in total. The van der Waals surface area contributed by atoms with E-state index in [4.69, 9.17) is 0 Å². The van der Waals surface area contributed by atoms with Crippen LogP contribution in [0.15, 0.2) is 18.2 Å². The van der Waals surface area contributed by atoms with E-state index in [-0.39, 0.29) is 5.82 Å². The summed E-state index contributed by atoms with van der Waals surface area (Å²) in [5, 5.41) is 3.15. The Balaban J connectivity index is 2.67. The highest BCUT2D eigenvalue weighted by molar-refractivity contribution is 5.26. The minimum atomic E-state index is -0.143. The van der Waals surface area contributed by atoms with Crippen molar-refractivity contribution in [1.29, 1.82) is 0 Å². The van der Waals surface area contributed by atoms with Crippen molar-refractivity contribution in [1.82, 2.24) is 10.2 Å². The Morgan fingerprint density at radius 3 is 2.71 bits per heavy atom. The molecule has 0 fully saturated rings. The second-order valence-electron chi connectivity index (χ2n) is 4.45. The van der Waals surface area contributed by atoms with Crippen molar-refractivity contribution in [3.63, 3.8) is 0 Å². The first-order valence-electron chi connectivity index (χ1n) is 6.29. The standard InChI is InChI=1S/C14H23FN2/c1-4-8-17(9-7-16-3)11-13-10-14(15)6-5-12(13)2/h5-6,10,16H,4,7-9,11H2,1-3H3. The number of aryl methyl sites for hydroxylation is 1. The van der Waals surface area contributed by atoms with Crippen LogP contribution in [0, 0.1) is 12.7 Å².